The summed E-state index contributed by atoms with van der Waals surface area (Å²) in [6, 6.07) is 6.92. The van der Waals surface area contributed by atoms with Gasteiger partial charge in [-0.3, -0.25) is 4.79 Å². The Labute approximate surface area is 236 Å². The van der Waals surface area contributed by atoms with E-state index >= 15 is 0 Å². The first-order chi connectivity index (χ1) is 19.3. The van der Waals surface area contributed by atoms with Crippen molar-refractivity contribution in [2.75, 3.05) is 30.3 Å². The van der Waals surface area contributed by atoms with E-state index in [1.54, 1.807) is 0 Å². The molecule has 2 aliphatic heterocycles. The minimum Gasteiger partial charge on any atom is -0.480 e. The summed E-state index contributed by atoms with van der Waals surface area (Å²) in [5.41, 5.74) is 5.13. The number of piperidine rings is 1. The van der Waals surface area contributed by atoms with Crippen LogP contribution in [0.3, 0.4) is 0 Å². The van der Waals surface area contributed by atoms with Gasteiger partial charge in [-0.1, -0.05) is 23.7 Å². The summed E-state index contributed by atoms with van der Waals surface area (Å²) in [5.74, 6) is -3.76. The van der Waals surface area contributed by atoms with E-state index in [2.05, 4.69) is 15.3 Å². The second-order valence-corrected chi connectivity index (χ2v) is 10.7. The van der Waals surface area contributed by atoms with Gasteiger partial charge in [0.05, 0.1) is 0 Å². The van der Waals surface area contributed by atoms with Gasteiger partial charge in [0, 0.05) is 36.3 Å². The van der Waals surface area contributed by atoms with E-state index in [0.29, 0.717) is 38.9 Å². The predicted octanol–water partition coefficient (Wildman–Crippen LogP) is 5.37. The minimum atomic E-state index is -4.95. The quantitative estimate of drug-likeness (QED) is 0.325. The van der Waals surface area contributed by atoms with Crippen LogP contribution in [0.5, 0.6) is 5.88 Å². The smallest absolute Gasteiger partial charge is 0.429 e. The first-order valence-corrected chi connectivity index (χ1v) is 13.1. The Morgan fingerprint density at radius 2 is 1.85 bits per heavy atom. The molecule has 0 bridgehead atoms. The molecule has 2 aromatic carbocycles. The number of anilines is 2. The number of alkyl halides is 3. The molecule has 0 amide bonds. The molecule has 3 aromatic rings. The van der Waals surface area contributed by atoms with Gasteiger partial charge in [-0.05, 0) is 60.1 Å². The van der Waals surface area contributed by atoms with Crippen LogP contribution in [0.4, 0.5) is 33.7 Å². The van der Waals surface area contributed by atoms with Gasteiger partial charge in [0.15, 0.2) is 11.6 Å². The van der Waals surface area contributed by atoms with Crippen molar-refractivity contribution in [1.82, 2.24) is 15.3 Å². The SMILES string of the molecule is Nc1nc(OC(c2ccc(Cl)cc2-c2ccc(F)c(F)c2)C(F)(F)F)cc(N2CCC3(CC2)CNC(C(=O)O)C3)n1. The highest BCUT2D eigenvalue weighted by Gasteiger charge is 2.46. The lowest BCUT2D eigenvalue weighted by Crippen LogP contribution is -2.41. The highest BCUT2D eigenvalue weighted by atomic mass is 35.5. The Kier molecular flexibility index (Phi) is 7.68. The van der Waals surface area contributed by atoms with Gasteiger partial charge < -0.3 is 25.8 Å². The lowest BCUT2D eigenvalue weighted by atomic mass is 9.76. The van der Waals surface area contributed by atoms with Gasteiger partial charge in [-0.15, -0.1) is 0 Å². The van der Waals surface area contributed by atoms with Crippen LogP contribution >= 0.6 is 11.6 Å². The molecule has 3 heterocycles. The summed E-state index contributed by atoms with van der Waals surface area (Å²) in [6.07, 6.45) is -5.72. The third kappa shape index (κ3) is 6.15. The Bertz CT molecular complexity index is 1470. The molecule has 8 nitrogen and oxygen atoms in total. The Morgan fingerprint density at radius 3 is 2.49 bits per heavy atom. The molecule has 218 valence electrons. The molecule has 0 aliphatic carbocycles. The summed E-state index contributed by atoms with van der Waals surface area (Å²) in [4.78, 5) is 21.2. The van der Waals surface area contributed by atoms with E-state index in [-0.39, 0.29) is 33.3 Å². The van der Waals surface area contributed by atoms with Crippen molar-refractivity contribution in [3.8, 4) is 17.0 Å². The van der Waals surface area contributed by atoms with Crippen LogP contribution in [0.1, 0.15) is 30.9 Å². The second kappa shape index (κ2) is 10.9. The van der Waals surface area contributed by atoms with Crippen LogP contribution in [-0.2, 0) is 4.79 Å². The van der Waals surface area contributed by atoms with Gasteiger partial charge in [-0.25, -0.2) is 8.78 Å². The number of rotatable bonds is 6. The van der Waals surface area contributed by atoms with E-state index < -0.39 is 47.4 Å². The van der Waals surface area contributed by atoms with Gasteiger partial charge >= 0.3 is 12.1 Å². The molecule has 5 rings (SSSR count). The van der Waals surface area contributed by atoms with Crippen LogP contribution in [0.2, 0.25) is 5.02 Å². The predicted molar refractivity (Wildman–Crippen MR) is 141 cm³/mol. The van der Waals surface area contributed by atoms with Crippen molar-refractivity contribution in [3.63, 3.8) is 0 Å². The molecule has 14 heteroatoms. The zero-order valence-electron chi connectivity index (χ0n) is 21.4. The van der Waals surface area contributed by atoms with Crippen molar-refractivity contribution in [3.05, 3.63) is 64.7 Å². The molecule has 0 saturated carbocycles. The number of aromatic nitrogens is 2. The molecular formula is C27H25ClF5N5O3. The number of aliphatic carboxylic acids is 1. The van der Waals surface area contributed by atoms with Crippen LogP contribution in [0.25, 0.3) is 11.1 Å². The maximum Gasteiger partial charge on any atom is 0.429 e. The number of carbonyl (C=O) groups is 1. The van der Waals surface area contributed by atoms with Crippen molar-refractivity contribution in [2.45, 2.75) is 37.6 Å². The van der Waals surface area contributed by atoms with Gasteiger partial charge in [0.1, 0.15) is 11.9 Å². The zero-order valence-corrected chi connectivity index (χ0v) is 22.1. The fourth-order valence-electron chi connectivity index (χ4n) is 5.43. The van der Waals surface area contributed by atoms with Crippen LogP contribution in [0, 0.1) is 17.0 Å². The number of hydrogen-bond donors (Lipinski definition) is 3. The highest BCUT2D eigenvalue weighted by Crippen LogP contribution is 2.43. The average Bonchev–Trinajstić information content (AvgIpc) is 3.32. The second-order valence-electron chi connectivity index (χ2n) is 10.3. The number of benzene rings is 2. The van der Waals surface area contributed by atoms with Crippen LogP contribution < -0.4 is 20.7 Å². The summed E-state index contributed by atoms with van der Waals surface area (Å²) >= 11 is 6.05. The van der Waals surface area contributed by atoms with E-state index in [0.717, 1.165) is 24.3 Å². The monoisotopic (exact) mass is 597 g/mol. The molecule has 1 spiro atoms. The first-order valence-electron chi connectivity index (χ1n) is 12.7. The normalized spacial score (nSPS) is 19.4. The number of nitrogens with one attached hydrogen (secondary N) is 1. The van der Waals surface area contributed by atoms with E-state index in [9.17, 15) is 31.9 Å². The van der Waals surface area contributed by atoms with E-state index in [4.69, 9.17) is 22.1 Å². The minimum absolute atomic E-state index is 0.0315. The molecule has 2 aliphatic rings. The maximum atomic E-state index is 14.4. The number of nitrogen functional groups attached to an aromatic ring is 1. The standard InChI is InChI=1S/C27H25ClF5N5O3/c28-15-2-3-16(17(10-15)14-1-4-18(29)19(30)9-14)23(27(31,32)33)41-22-11-21(36-25(34)37-22)38-7-5-26(6-8-38)12-20(24(39)40)35-13-26/h1-4,9-11,20,23,35H,5-8,12-13H2,(H,39,40)(H2,34,36,37). The Hall–Kier alpha value is -3.71. The molecule has 41 heavy (non-hydrogen) atoms. The van der Waals surface area contributed by atoms with Crippen LogP contribution in [-0.4, -0.2) is 52.9 Å². The van der Waals surface area contributed by atoms with Crippen LogP contribution in [0.15, 0.2) is 42.5 Å². The number of ether oxygens (including phenoxy) is 1. The van der Waals surface area contributed by atoms with E-state index in [1.807, 2.05) is 4.90 Å². The number of carboxylic acids is 1. The third-order valence-corrected chi connectivity index (χ3v) is 7.81. The zero-order chi connectivity index (χ0) is 29.5. The van der Waals surface area contributed by atoms with Gasteiger partial charge in [0.2, 0.25) is 17.9 Å². The average molecular weight is 598 g/mol. The van der Waals surface area contributed by atoms with Gasteiger partial charge in [0.25, 0.3) is 0 Å². The summed E-state index contributed by atoms with van der Waals surface area (Å²) in [5, 5.41) is 12.4. The largest absolute Gasteiger partial charge is 0.480 e. The lowest BCUT2D eigenvalue weighted by molar-refractivity contribution is -0.198. The summed E-state index contributed by atoms with van der Waals surface area (Å²) < 4.78 is 76.2. The third-order valence-electron chi connectivity index (χ3n) is 7.58. The maximum absolute atomic E-state index is 14.4. The molecule has 0 radical (unpaired) electrons. The molecule has 1 aromatic heterocycles. The van der Waals surface area contributed by atoms with E-state index in [1.165, 1.54) is 18.2 Å². The topological polar surface area (TPSA) is 114 Å². The number of nitrogens with zero attached hydrogens (tertiary/aromatic N) is 3. The fourth-order valence-corrected chi connectivity index (χ4v) is 5.61. The highest BCUT2D eigenvalue weighted by molar-refractivity contribution is 6.30. The molecule has 2 unspecified atom stereocenters. The first kappa shape index (κ1) is 28.8. The molecule has 2 atom stereocenters. The molecule has 2 saturated heterocycles. The fraction of sp³-hybridized carbons (Fsp3) is 0.370. The lowest BCUT2D eigenvalue weighted by Gasteiger charge is -2.39. The summed E-state index contributed by atoms with van der Waals surface area (Å²) in [6.45, 7) is 1.51. The molecule has 4 N–H and O–H groups in total. The Balaban J connectivity index is 1.42. The molecular weight excluding hydrogens is 573 g/mol. The molecule has 2 fully saturated rings. The van der Waals surface area contributed by atoms with Crippen molar-refractivity contribution in [1.29, 1.82) is 0 Å². The van der Waals surface area contributed by atoms with Crippen molar-refractivity contribution < 1.29 is 36.6 Å². The van der Waals surface area contributed by atoms with Gasteiger partial charge in [-0.2, -0.15) is 23.1 Å². The summed E-state index contributed by atoms with van der Waals surface area (Å²) in [7, 11) is 0. The number of halogens is 6. The number of carboxylic acid groups (broad SMARTS) is 1. The number of hydrogen-bond acceptors (Lipinski definition) is 7. The Morgan fingerprint density at radius 1 is 1.12 bits per heavy atom. The van der Waals surface area contributed by atoms with Crippen molar-refractivity contribution in [2.24, 2.45) is 5.41 Å². The van der Waals surface area contributed by atoms with Crippen molar-refractivity contribution >= 4 is 29.3 Å². The number of nitrogens with two attached hydrogens (primary N) is 1.